The Kier molecular flexibility index (Phi) is 12.9. The number of rotatable bonds is 8. The Morgan fingerprint density at radius 2 is 1.52 bits per heavy atom. The third-order valence-electron chi connectivity index (χ3n) is 2.13. The van der Waals surface area contributed by atoms with E-state index in [-0.39, 0.29) is 18.9 Å². The van der Waals surface area contributed by atoms with Gasteiger partial charge in [-0.15, -0.1) is 0 Å². The molecule has 0 aliphatic rings. The molecule has 0 spiro atoms. The molecule has 21 heavy (non-hydrogen) atoms. The molecule has 1 atom stereocenters. The highest BCUT2D eigenvalue weighted by Crippen LogP contribution is 1.97. The average Bonchev–Trinajstić information content (AvgIpc) is 2.38. The molecule has 122 valence electrons. The lowest BCUT2D eigenvalue weighted by molar-refractivity contribution is -0.159. The maximum absolute atomic E-state index is 11.3. The predicted molar refractivity (Wildman–Crippen MR) is 71.4 cm³/mol. The fourth-order valence-corrected chi connectivity index (χ4v) is 1.06. The summed E-state index contributed by atoms with van der Waals surface area (Å²) in [5.41, 5.74) is 10.9. The molecule has 1 amide bonds. The van der Waals surface area contributed by atoms with Gasteiger partial charge in [-0.3, -0.25) is 9.59 Å². The van der Waals surface area contributed by atoms with Gasteiger partial charge in [-0.25, -0.2) is 9.59 Å². The maximum Gasteiger partial charge on any atom is 0.414 e. The normalized spacial score (nSPS) is 10.8. The van der Waals surface area contributed by atoms with Gasteiger partial charge in [-0.05, 0) is 19.4 Å². The second-order valence-electron chi connectivity index (χ2n) is 3.94. The van der Waals surface area contributed by atoms with Crippen molar-refractivity contribution < 1.29 is 34.5 Å². The number of amides is 1. The number of hydrogen-bond donors (Lipinski definition) is 6. The number of carbonyl (C=O) groups excluding carboxylic acids is 1. The van der Waals surface area contributed by atoms with Gasteiger partial charge in [0.2, 0.25) is 5.91 Å². The molecule has 0 radical (unpaired) electrons. The van der Waals surface area contributed by atoms with Gasteiger partial charge in [0, 0.05) is 6.54 Å². The SMILES string of the molecule is NCCCCC(N)C(=O)NCCC(=O)O.O=C(O)C(=O)O. The number of unbranched alkanes of at least 4 members (excludes halogenated alkanes) is 1. The fraction of sp³-hybridized carbons (Fsp3) is 0.636. The van der Waals surface area contributed by atoms with Gasteiger partial charge in [0.05, 0.1) is 12.5 Å². The number of nitrogens with two attached hydrogens (primary N) is 2. The van der Waals surface area contributed by atoms with Gasteiger partial charge >= 0.3 is 17.9 Å². The van der Waals surface area contributed by atoms with Crippen LogP contribution in [0.4, 0.5) is 0 Å². The van der Waals surface area contributed by atoms with E-state index in [2.05, 4.69) is 5.32 Å². The highest BCUT2D eigenvalue weighted by atomic mass is 16.4. The number of carbonyl (C=O) groups is 4. The van der Waals surface area contributed by atoms with Gasteiger partial charge in [-0.1, -0.05) is 6.42 Å². The van der Waals surface area contributed by atoms with Crippen LogP contribution in [-0.4, -0.2) is 58.3 Å². The number of hydrogen-bond acceptors (Lipinski definition) is 6. The van der Waals surface area contributed by atoms with Crippen molar-refractivity contribution in [2.45, 2.75) is 31.7 Å². The standard InChI is InChI=1S/C9H19N3O3.C2H2O4/c10-5-2-1-3-7(11)9(15)12-6-4-8(13)14;3-1(4)2(5)6/h7H,1-6,10-11H2,(H,12,15)(H,13,14);(H,3,4)(H,5,6). The Bertz CT molecular complexity index is 348. The van der Waals surface area contributed by atoms with E-state index in [0.717, 1.165) is 12.8 Å². The average molecular weight is 307 g/mol. The Hall–Kier alpha value is -2.20. The molecular weight excluding hydrogens is 286 g/mol. The van der Waals surface area contributed by atoms with E-state index in [1.165, 1.54) is 0 Å². The van der Waals surface area contributed by atoms with Crippen LogP contribution >= 0.6 is 0 Å². The van der Waals surface area contributed by atoms with Crippen molar-refractivity contribution in [3.8, 4) is 0 Å². The lowest BCUT2D eigenvalue weighted by Crippen LogP contribution is -2.41. The molecule has 8 N–H and O–H groups in total. The number of nitrogens with one attached hydrogen (secondary N) is 1. The van der Waals surface area contributed by atoms with Crippen LogP contribution in [0.3, 0.4) is 0 Å². The summed E-state index contributed by atoms with van der Waals surface area (Å²) in [5.74, 6) is -4.88. The lowest BCUT2D eigenvalue weighted by Gasteiger charge is -2.10. The fourth-order valence-electron chi connectivity index (χ4n) is 1.06. The van der Waals surface area contributed by atoms with Crippen molar-refractivity contribution in [3.63, 3.8) is 0 Å². The molecule has 0 saturated heterocycles. The van der Waals surface area contributed by atoms with Gasteiger partial charge in [0.1, 0.15) is 0 Å². The van der Waals surface area contributed by atoms with Gasteiger partial charge in [-0.2, -0.15) is 0 Å². The summed E-state index contributed by atoms with van der Waals surface area (Å²) in [5, 5.41) is 25.6. The van der Waals surface area contributed by atoms with Crippen LogP contribution in [0.1, 0.15) is 25.7 Å². The zero-order valence-corrected chi connectivity index (χ0v) is 11.4. The molecule has 1 unspecified atom stereocenters. The summed E-state index contributed by atoms with van der Waals surface area (Å²) in [7, 11) is 0. The third kappa shape index (κ3) is 15.7. The molecule has 10 nitrogen and oxygen atoms in total. The Balaban J connectivity index is 0. The topological polar surface area (TPSA) is 193 Å². The van der Waals surface area contributed by atoms with E-state index < -0.39 is 23.9 Å². The van der Waals surface area contributed by atoms with Crippen molar-refractivity contribution in [2.24, 2.45) is 11.5 Å². The first-order chi connectivity index (χ1) is 9.72. The van der Waals surface area contributed by atoms with Crippen molar-refractivity contribution in [1.29, 1.82) is 0 Å². The zero-order chi connectivity index (χ0) is 16.8. The maximum atomic E-state index is 11.3. The van der Waals surface area contributed by atoms with Gasteiger partial charge in [0.25, 0.3) is 0 Å². The summed E-state index contributed by atoms with van der Waals surface area (Å²) < 4.78 is 0. The monoisotopic (exact) mass is 307 g/mol. The molecule has 0 fully saturated rings. The van der Waals surface area contributed by atoms with Crippen molar-refractivity contribution in [3.05, 3.63) is 0 Å². The lowest BCUT2D eigenvalue weighted by atomic mass is 10.1. The van der Waals surface area contributed by atoms with E-state index in [1.807, 2.05) is 0 Å². The zero-order valence-electron chi connectivity index (χ0n) is 11.4. The first-order valence-corrected chi connectivity index (χ1v) is 6.13. The molecule has 0 aromatic heterocycles. The highest BCUT2D eigenvalue weighted by Gasteiger charge is 2.12. The van der Waals surface area contributed by atoms with E-state index in [0.29, 0.717) is 13.0 Å². The minimum absolute atomic E-state index is 0.0821. The smallest absolute Gasteiger partial charge is 0.414 e. The Morgan fingerprint density at radius 3 is 1.90 bits per heavy atom. The molecule has 0 aromatic rings. The largest absolute Gasteiger partial charge is 0.481 e. The number of carboxylic acids is 3. The van der Waals surface area contributed by atoms with Crippen LogP contribution in [0, 0.1) is 0 Å². The molecule has 0 aromatic carbocycles. The van der Waals surface area contributed by atoms with E-state index in [4.69, 9.17) is 36.4 Å². The predicted octanol–water partition coefficient (Wildman–Crippen LogP) is -1.81. The summed E-state index contributed by atoms with van der Waals surface area (Å²) in [6, 6.07) is -0.564. The Labute approximate surface area is 121 Å². The summed E-state index contributed by atoms with van der Waals surface area (Å²) in [4.78, 5) is 39.6. The van der Waals surface area contributed by atoms with E-state index in [1.54, 1.807) is 0 Å². The van der Waals surface area contributed by atoms with Crippen LogP contribution in [0.5, 0.6) is 0 Å². The van der Waals surface area contributed by atoms with Crippen molar-refractivity contribution in [1.82, 2.24) is 5.32 Å². The van der Waals surface area contributed by atoms with E-state index >= 15 is 0 Å². The van der Waals surface area contributed by atoms with Crippen LogP contribution < -0.4 is 16.8 Å². The highest BCUT2D eigenvalue weighted by molar-refractivity contribution is 6.27. The first-order valence-electron chi connectivity index (χ1n) is 6.13. The van der Waals surface area contributed by atoms with Crippen LogP contribution in [0.2, 0.25) is 0 Å². The van der Waals surface area contributed by atoms with Crippen LogP contribution in [-0.2, 0) is 19.2 Å². The second-order valence-corrected chi connectivity index (χ2v) is 3.94. The minimum Gasteiger partial charge on any atom is -0.481 e. The van der Waals surface area contributed by atoms with Crippen molar-refractivity contribution in [2.75, 3.05) is 13.1 Å². The summed E-state index contributed by atoms with van der Waals surface area (Å²) >= 11 is 0. The molecule has 0 rings (SSSR count). The molecule has 0 aliphatic carbocycles. The van der Waals surface area contributed by atoms with Crippen LogP contribution in [0.25, 0.3) is 0 Å². The quantitative estimate of drug-likeness (QED) is 0.221. The van der Waals surface area contributed by atoms with Crippen LogP contribution in [0.15, 0.2) is 0 Å². The molecular formula is C11H21N3O7. The summed E-state index contributed by atoms with van der Waals surface area (Å²) in [6.07, 6.45) is 2.15. The van der Waals surface area contributed by atoms with Gasteiger partial charge in [0.15, 0.2) is 0 Å². The number of aliphatic carboxylic acids is 3. The third-order valence-corrected chi connectivity index (χ3v) is 2.13. The number of carboxylic acid groups (broad SMARTS) is 3. The van der Waals surface area contributed by atoms with Crippen molar-refractivity contribution >= 4 is 23.8 Å². The molecule has 0 heterocycles. The second kappa shape index (κ2) is 12.8. The molecule has 0 saturated carbocycles. The molecule has 0 bridgehead atoms. The first kappa shape index (κ1) is 21.1. The Morgan fingerprint density at radius 1 is 1.00 bits per heavy atom. The molecule has 10 heteroatoms. The molecule has 0 aliphatic heterocycles. The van der Waals surface area contributed by atoms with E-state index in [9.17, 15) is 9.59 Å². The van der Waals surface area contributed by atoms with Gasteiger partial charge < -0.3 is 32.1 Å². The minimum atomic E-state index is -1.82. The summed E-state index contributed by atoms with van der Waals surface area (Å²) in [6.45, 7) is 0.714.